The number of nitrogens with one attached hydrogen (secondary N) is 2. The lowest BCUT2D eigenvalue weighted by Crippen LogP contribution is -2.50. The summed E-state index contributed by atoms with van der Waals surface area (Å²) in [7, 11) is 0. The smallest absolute Gasteiger partial charge is 0.241 e. The van der Waals surface area contributed by atoms with Gasteiger partial charge in [-0.15, -0.1) is 0 Å². The first-order valence-electron chi connectivity index (χ1n) is 10.9. The molecule has 164 valence electrons. The van der Waals surface area contributed by atoms with E-state index in [1.165, 1.54) is 0 Å². The molecule has 0 bridgehead atoms. The highest BCUT2D eigenvalue weighted by atomic mass is 35.5. The first-order valence-corrected chi connectivity index (χ1v) is 11.3. The second-order valence-corrected chi connectivity index (χ2v) is 8.56. The van der Waals surface area contributed by atoms with Gasteiger partial charge in [-0.2, -0.15) is 0 Å². The molecule has 0 radical (unpaired) electrons. The van der Waals surface area contributed by atoms with E-state index >= 15 is 0 Å². The molecule has 1 atom stereocenters. The zero-order valence-corrected chi connectivity index (χ0v) is 18.3. The predicted octanol–water partition coefficient (Wildman–Crippen LogP) is 3.43. The number of nitrogens with zero attached hydrogens (tertiary/aromatic N) is 1. The maximum atomic E-state index is 13.0. The topological polar surface area (TPSA) is 70.7 Å². The summed E-state index contributed by atoms with van der Waals surface area (Å²) in [6, 6.07) is 13.1. The minimum Gasteiger partial charge on any atom is -0.493 e. The number of rotatable bonds is 7. The molecule has 0 saturated carbocycles. The fourth-order valence-corrected chi connectivity index (χ4v) is 4.33. The van der Waals surface area contributed by atoms with E-state index in [2.05, 4.69) is 10.6 Å². The Morgan fingerprint density at radius 1 is 1.13 bits per heavy atom. The number of hydrogen-bond acceptors (Lipinski definition) is 4. The highest BCUT2D eigenvalue weighted by molar-refractivity contribution is 6.30. The van der Waals surface area contributed by atoms with Gasteiger partial charge in [-0.1, -0.05) is 30.2 Å². The van der Waals surface area contributed by atoms with Crippen LogP contribution in [0.1, 0.15) is 30.4 Å². The van der Waals surface area contributed by atoms with Crippen LogP contribution < -0.4 is 15.4 Å². The molecule has 7 heteroatoms. The second-order valence-electron chi connectivity index (χ2n) is 8.12. The molecule has 1 saturated heterocycles. The molecular weight excluding hydrogens is 414 g/mol. The molecule has 2 heterocycles. The highest BCUT2D eigenvalue weighted by Crippen LogP contribution is 2.28. The number of benzene rings is 2. The fourth-order valence-electron chi connectivity index (χ4n) is 4.20. The van der Waals surface area contributed by atoms with Crippen molar-refractivity contribution < 1.29 is 14.3 Å². The molecule has 2 aliphatic rings. The lowest BCUT2D eigenvalue weighted by Gasteiger charge is -2.34. The largest absolute Gasteiger partial charge is 0.493 e. The number of amides is 2. The molecule has 1 fully saturated rings. The molecule has 6 nitrogen and oxygen atoms in total. The maximum absolute atomic E-state index is 13.0. The Labute approximate surface area is 187 Å². The summed E-state index contributed by atoms with van der Waals surface area (Å²) < 4.78 is 5.53. The van der Waals surface area contributed by atoms with Crippen molar-refractivity contribution in [2.45, 2.75) is 38.1 Å². The van der Waals surface area contributed by atoms with Gasteiger partial charge in [0, 0.05) is 23.7 Å². The van der Waals surface area contributed by atoms with Crippen molar-refractivity contribution in [2.75, 3.05) is 31.6 Å². The SMILES string of the molecule is O=C(CN1CCCCC1C(=O)Nc1ccc2c(c1)CCO2)NCCc1ccc(Cl)cc1. The van der Waals surface area contributed by atoms with Gasteiger partial charge in [0.25, 0.3) is 0 Å². The van der Waals surface area contributed by atoms with E-state index in [-0.39, 0.29) is 24.4 Å². The number of fused-ring (bicyclic) bond motifs is 1. The van der Waals surface area contributed by atoms with Crippen molar-refractivity contribution in [1.82, 2.24) is 10.2 Å². The number of likely N-dealkylation sites (tertiary alicyclic amines) is 1. The van der Waals surface area contributed by atoms with E-state index in [9.17, 15) is 9.59 Å². The van der Waals surface area contributed by atoms with Gasteiger partial charge >= 0.3 is 0 Å². The van der Waals surface area contributed by atoms with Crippen LogP contribution in [-0.2, 0) is 22.4 Å². The lowest BCUT2D eigenvalue weighted by molar-refractivity contribution is -0.127. The molecule has 0 aromatic heterocycles. The molecule has 4 rings (SSSR count). The Kier molecular flexibility index (Phi) is 7.10. The summed E-state index contributed by atoms with van der Waals surface area (Å²) in [6.45, 7) is 2.23. The normalized spacial score (nSPS) is 18.2. The number of hydrogen-bond donors (Lipinski definition) is 2. The molecule has 0 spiro atoms. The summed E-state index contributed by atoms with van der Waals surface area (Å²) in [4.78, 5) is 27.4. The van der Waals surface area contributed by atoms with Crippen LogP contribution in [0.15, 0.2) is 42.5 Å². The van der Waals surface area contributed by atoms with Gasteiger partial charge in [-0.25, -0.2) is 0 Å². The van der Waals surface area contributed by atoms with Crippen LogP contribution in [0, 0.1) is 0 Å². The Morgan fingerprint density at radius 3 is 2.81 bits per heavy atom. The lowest BCUT2D eigenvalue weighted by atomic mass is 10.0. The van der Waals surface area contributed by atoms with E-state index in [4.69, 9.17) is 16.3 Å². The summed E-state index contributed by atoms with van der Waals surface area (Å²) in [5.41, 5.74) is 3.03. The van der Waals surface area contributed by atoms with Crippen LogP contribution in [0.2, 0.25) is 5.02 Å². The van der Waals surface area contributed by atoms with Gasteiger partial charge in [-0.3, -0.25) is 14.5 Å². The van der Waals surface area contributed by atoms with Crippen LogP contribution in [-0.4, -0.2) is 49.0 Å². The Hall–Kier alpha value is -2.57. The summed E-state index contributed by atoms with van der Waals surface area (Å²) >= 11 is 5.91. The number of halogens is 1. The van der Waals surface area contributed by atoms with Crippen molar-refractivity contribution in [1.29, 1.82) is 0 Å². The minimum atomic E-state index is -0.291. The second kappa shape index (κ2) is 10.2. The van der Waals surface area contributed by atoms with E-state index in [0.717, 1.165) is 61.2 Å². The zero-order chi connectivity index (χ0) is 21.6. The number of ether oxygens (including phenoxy) is 1. The van der Waals surface area contributed by atoms with Gasteiger partial charge in [0.1, 0.15) is 5.75 Å². The third kappa shape index (κ3) is 5.77. The molecule has 2 amide bonds. The molecular formula is C24H28ClN3O3. The molecule has 31 heavy (non-hydrogen) atoms. The molecule has 2 N–H and O–H groups in total. The standard InChI is InChI=1S/C24H28ClN3O3/c25-19-6-4-17(5-7-19)10-12-26-23(29)16-28-13-2-1-3-21(28)24(30)27-20-8-9-22-18(15-20)11-14-31-22/h4-9,15,21H,1-3,10-14,16H2,(H,26,29)(H,27,30). The molecule has 0 aliphatic carbocycles. The summed E-state index contributed by atoms with van der Waals surface area (Å²) in [5, 5.41) is 6.71. The van der Waals surface area contributed by atoms with Crippen LogP contribution >= 0.6 is 11.6 Å². The van der Waals surface area contributed by atoms with Crippen molar-refractivity contribution in [3.63, 3.8) is 0 Å². The molecule has 2 aromatic rings. The van der Waals surface area contributed by atoms with Crippen molar-refractivity contribution in [3.8, 4) is 5.75 Å². The van der Waals surface area contributed by atoms with Crippen molar-refractivity contribution in [3.05, 3.63) is 58.6 Å². The Morgan fingerprint density at radius 2 is 1.97 bits per heavy atom. The average molecular weight is 442 g/mol. The monoisotopic (exact) mass is 441 g/mol. The van der Waals surface area contributed by atoms with E-state index in [1.807, 2.05) is 47.4 Å². The first kappa shape index (κ1) is 21.7. The predicted molar refractivity (Wildman–Crippen MR) is 122 cm³/mol. The van der Waals surface area contributed by atoms with E-state index in [1.54, 1.807) is 0 Å². The van der Waals surface area contributed by atoms with Crippen molar-refractivity contribution >= 4 is 29.1 Å². The fraction of sp³-hybridized carbons (Fsp3) is 0.417. The van der Waals surface area contributed by atoms with Crippen LogP contribution in [0.3, 0.4) is 0 Å². The zero-order valence-electron chi connectivity index (χ0n) is 17.5. The van der Waals surface area contributed by atoms with Gasteiger partial charge < -0.3 is 15.4 Å². The number of anilines is 1. The summed E-state index contributed by atoms with van der Waals surface area (Å²) in [5.74, 6) is 0.795. The van der Waals surface area contributed by atoms with Gasteiger partial charge in [-0.05, 0) is 67.3 Å². The third-order valence-electron chi connectivity index (χ3n) is 5.87. The number of piperidine rings is 1. The van der Waals surface area contributed by atoms with Crippen molar-refractivity contribution in [2.24, 2.45) is 0 Å². The van der Waals surface area contributed by atoms with Gasteiger partial charge in [0.15, 0.2) is 0 Å². The maximum Gasteiger partial charge on any atom is 0.241 e. The Bertz CT molecular complexity index is 932. The van der Waals surface area contributed by atoms with Gasteiger partial charge in [0.05, 0.1) is 19.2 Å². The average Bonchev–Trinajstić information content (AvgIpc) is 3.23. The molecule has 2 aliphatic heterocycles. The number of carbonyl (C=O) groups is 2. The number of carbonyl (C=O) groups excluding carboxylic acids is 2. The first-order chi connectivity index (χ1) is 15.1. The minimum absolute atomic E-state index is 0.0486. The molecule has 1 unspecified atom stereocenters. The van der Waals surface area contributed by atoms with Crippen LogP contribution in [0.25, 0.3) is 0 Å². The van der Waals surface area contributed by atoms with E-state index in [0.29, 0.717) is 18.2 Å². The summed E-state index contributed by atoms with van der Waals surface area (Å²) in [6.07, 6.45) is 4.36. The third-order valence-corrected chi connectivity index (χ3v) is 6.12. The van der Waals surface area contributed by atoms with Crippen LogP contribution in [0.4, 0.5) is 5.69 Å². The van der Waals surface area contributed by atoms with Gasteiger partial charge in [0.2, 0.25) is 11.8 Å². The van der Waals surface area contributed by atoms with Crippen LogP contribution in [0.5, 0.6) is 5.75 Å². The Balaban J connectivity index is 1.28. The quantitative estimate of drug-likeness (QED) is 0.690. The molecule has 2 aromatic carbocycles. The highest BCUT2D eigenvalue weighted by Gasteiger charge is 2.30. The van der Waals surface area contributed by atoms with E-state index < -0.39 is 0 Å².